The highest BCUT2D eigenvalue weighted by Gasteiger charge is 2.12. The largest absolute Gasteiger partial charge is 0.478 e. The lowest BCUT2D eigenvalue weighted by Crippen LogP contribution is -1.97. The summed E-state index contributed by atoms with van der Waals surface area (Å²) in [6.45, 7) is 5.76. The van der Waals surface area contributed by atoms with Gasteiger partial charge in [-0.2, -0.15) is 0 Å². The Morgan fingerprint density at radius 3 is 2.44 bits per heavy atom. The Labute approximate surface area is 111 Å². The van der Waals surface area contributed by atoms with Gasteiger partial charge < -0.3 is 10.1 Å². The standard InChI is InChI=1S/C13H14N2O2.ClH/c1-7-4-5-10(13(16)17)6-11(7)12-8(2)14-9(3)15-12;/h4-6H,1-3H3,(H,14,15)(H,16,17);1H. The van der Waals surface area contributed by atoms with Gasteiger partial charge in [-0.25, -0.2) is 9.78 Å². The van der Waals surface area contributed by atoms with Crippen molar-refractivity contribution in [3.63, 3.8) is 0 Å². The van der Waals surface area contributed by atoms with Crippen LogP contribution in [0.1, 0.15) is 27.4 Å². The highest BCUT2D eigenvalue weighted by atomic mass is 35.5. The van der Waals surface area contributed by atoms with Crippen LogP contribution < -0.4 is 0 Å². The fourth-order valence-electron chi connectivity index (χ4n) is 1.88. The number of rotatable bonds is 2. The third-order valence-corrected chi connectivity index (χ3v) is 2.74. The Hall–Kier alpha value is -1.81. The van der Waals surface area contributed by atoms with Gasteiger partial charge in [0.1, 0.15) is 5.82 Å². The quantitative estimate of drug-likeness (QED) is 0.878. The summed E-state index contributed by atoms with van der Waals surface area (Å²) < 4.78 is 0. The third kappa shape index (κ3) is 2.54. The molecule has 4 nitrogen and oxygen atoms in total. The molecule has 0 radical (unpaired) electrons. The van der Waals surface area contributed by atoms with E-state index in [9.17, 15) is 4.79 Å². The third-order valence-electron chi connectivity index (χ3n) is 2.74. The zero-order chi connectivity index (χ0) is 12.6. The van der Waals surface area contributed by atoms with Crippen LogP contribution in [0, 0.1) is 20.8 Å². The number of hydrogen-bond acceptors (Lipinski definition) is 2. The normalized spacial score (nSPS) is 9.94. The maximum atomic E-state index is 11.0. The van der Waals surface area contributed by atoms with Crippen molar-refractivity contribution >= 4 is 18.4 Å². The molecule has 0 saturated heterocycles. The summed E-state index contributed by atoms with van der Waals surface area (Å²) in [6.07, 6.45) is 0. The van der Waals surface area contributed by atoms with Gasteiger partial charge >= 0.3 is 5.97 Å². The van der Waals surface area contributed by atoms with E-state index < -0.39 is 5.97 Å². The van der Waals surface area contributed by atoms with Crippen LogP contribution in [-0.4, -0.2) is 21.0 Å². The average molecular weight is 267 g/mol. The second-order valence-corrected chi connectivity index (χ2v) is 4.13. The Kier molecular flexibility index (Phi) is 4.14. The number of nitrogens with one attached hydrogen (secondary N) is 1. The summed E-state index contributed by atoms with van der Waals surface area (Å²) in [5.41, 5.74) is 3.94. The molecule has 0 spiro atoms. The van der Waals surface area contributed by atoms with Crippen LogP contribution in [-0.2, 0) is 0 Å². The highest BCUT2D eigenvalue weighted by Crippen LogP contribution is 2.25. The zero-order valence-corrected chi connectivity index (χ0v) is 11.3. The molecule has 0 aliphatic heterocycles. The lowest BCUT2D eigenvalue weighted by Gasteiger charge is -2.05. The molecule has 0 unspecified atom stereocenters. The van der Waals surface area contributed by atoms with Crippen LogP contribution >= 0.6 is 12.4 Å². The van der Waals surface area contributed by atoms with Gasteiger partial charge in [0.15, 0.2) is 0 Å². The van der Waals surface area contributed by atoms with Crippen molar-refractivity contribution < 1.29 is 9.90 Å². The van der Waals surface area contributed by atoms with Gasteiger partial charge in [0, 0.05) is 11.3 Å². The predicted molar refractivity (Wildman–Crippen MR) is 72.4 cm³/mol. The van der Waals surface area contributed by atoms with E-state index in [1.54, 1.807) is 12.1 Å². The molecule has 1 aromatic heterocycles. The van der Waals surface area contributed by atoms with Crippen molar-refractivity contribution in [3.05, 3.63) is 40.8 Å². The molecule has 0 fully saturated rings. The monoisotopic (exact) mass is 266 g/mol. The highest BCUT2D eigenvalue weighted by molar-refractivity contribution is 5.89. The first kappa shape index (κ1) is 14.3. The zero-order valence-electron chi connectivity index (χ0n) is 10.4. The SMILES string of the molecule is Cc1nc(-c2cc(C(=O)O)ccc2C)c(C)[nH]1.Cl. The Balaban J connectivity index is 0.00000162. The lowest BCUT2D eigenvalue weighted by atomic mass is 10.0. The molecule has 0 aliphatic rings. The maximum Gasteiger partial charge on any atom is 0.335 e. The van der Waals surface area contributed by atoms with Crippen LogP contribution in [0.5, 0.6) is 0 Å². The number of carboxylic acid groups (broad SMARTS) is 1. The van der Waals surface area contributed by atoms with Crippen LogP contribution in [0.25, 0.3) is 11.3 Å². The molecule has 1 heterocycles. The van der Waals surface area contributed by atoms with Crippen molar-refractivity contribution in [2.24, 2.45) is 0 Å². The van der Waals surface area contributed by atoms with E-state index in [1.807, 2.05) is 26.8 Å². The van der Waals surface area contributed by atoms with Gasteiger partial charge in [0.05, 0.1) is 11.3 Å². The van der Waals surface area contributed by atoms with Crippen LogP contribution in [0.4, 0.5) is 0 Å². The minimum Gasteiger partial charge on any atom is -0.478 e. The number of halogens is 1. The van der Waals surface area contributed by atoms with Crippen LogP contribution in [0.3, 0.4) is 0 Å². The number of carbonyl (C=O) groups is 1. The first-order chi connectivity index (χ1) is 7.99. The predicted octanol–water partition coefficient (Wildman–Crippen LogP) is 3.12. The van der Waals surface area contributed by atoms with Gasteiger partial charge in [-0.3, -0.25) is 0 Å². The van der Waals surface area contributed by atoms with E-state index in [0.29, 0.717) is 0 Å². The molecule has 0 saturated carbocycles. The van der Waals surface area contributed by atoms with Crippen molar-refractivity contribution in [2.45, 2.75) is 20.8 Å². The maximum absolute atomic E-state index is 11.0. The minimum absolute atomic E-state index is 0. The fourth-order valence-corrected chi connectivity index (χ4v) is 1.88. The molecule has 2 aromatic rings. The van der Waals surface area contributed by atoms with Crippen molar-refractivity contribution in [2.75, 3.05) is 0 Å². The Morgan fingerprint density at radius 2 is 1.94 bits per heavy atom. The van der Waals surface area contributed by atoms with E-state index in [2.05, 4.69) is 9.97 Å². The number of nitrogens with zero attached hydrogens (tertiary/aromatic N) is 1. The van der Waals surface area contributed by atoms with Gasteiger partial charge in [-0.05, 0) is 38.5 Å². The van der Waals surface area contributed by atoms with E-state index in [4.69, 9.17) is 5.11 Å². The molecule has 96 valence electrons. The average Bonchev–Trinajstić information content (AvgIpc) is 2.58. The lowest BCUT2D eigenvalue weighted by molar-refractivity contribution is 0.0697. The van der Waals surface area contributed by atoms with E-state index in [1.165, 1.54) is 0 Å². The number of carboxylic acids is 1. The Bertz CT molecular complexity index is 591. The number of H-pyrrole nitrogens is 1. The molecular weight excluding hydrogens is 252 g/mol. The second-order valence-electron chi connectivity index (χ2n) is 4.13. The summed E-state index contributed by atoms with van der Waals surface area (Å²) in [4.78, 5) is 18.5. The smallest absolute Gasteiger partial charge is 0.335 e. The number of imidazole rings is 1. The molecule has 0 bridgehead atoms. The summed E-state index contributed by atoms with van der Waals surface area (Å²) in [5, 5.41) is 8.99. The van der Waals surface area contributed by atoms with E-state index >= 15 is 0 Å². The van der Waals surface area contributed by atoms with E-state index in [-0.39, 0.29) is 18.0 Å². The number of hydrogen-bond donors (Lipinski definition) is 2. The number of aryl methyl sites for hydroxylation is 3. The van der Waals surface area contributed by atoms with Gasteiger partial charge in [0.25, 0.3) is 0 Å². The first-order valence-electron chi connectivity index (χ1n) is 5.36. The number of benzene rings is 1. The first-order valence-corrected chi connectivity index (χ1v) is 5.36. The molecule has 0 amide bonds. The Morgan fingerprint density at radius 1 is 1.28 bits per heavy atom. The molecule has 18 heavy (non-hydrogen) atoms. The fraction of sp³-hybridized carbons (Fsp3) is 0.231. The van der Waals surface area contributed by atoms with Gasteiger partial charge in [0.2, 0.25) is 0 Å². The van der Waals surface area contributed by atoms with Crippen molar-refractivity contribution in [1.82, 2.24) is 9.97 Å². The van der Waals surface area contributed by atoms with Gasteiger partial charge in [-0.1, -0.05) is 6.07 Å². The molecule has 0 atom stereocenters. The van der Waals surface area contributed by atoms with Crippen LogP contribution in [0.15, 0.2) is 18.2 Å². The summed E-state index contributed by atoms with van der Waals surface area (Å²) >= 11 is 0. The number of aromatic amines is 1. The summed E-state index contributed by atoms with van der Waals surface area (Å²) in [6, 6.07) is 5.08. The summed E-state index contributed by atoms with van der Waals surface area (Å²) in [5.74, 6) is -0.0891. The second kappa shape index (κ2) is 5.23. The number of aromatic carboxylic acids is 1. The molecular formula is C13H15ClN2O2. The van der Waals surface area contributed by atoms with Crippen molar-refractivity contribution in [3.8, 4) is 11.3 Å². The molecule has 2 rings (SSSR count). The van der Waals surface area contributed by atoms with Gasteiger partial charge in [-0.15, -0.1) is 12.4 Å². The molecule has 5 heteroatoms. The summed E-state index contributed by atoms with van der Waals surface area (Å²) in [7, 11) is 0. The molecule has 2 N–H and O–H groups in total. The topological polar surface area (TPSA) is 66.0 Å². The van der Waals surface area contributed by atoms with E-state index in [0.717, 1.165) is 28.3 Å². The minimum atomic E-state index is -0.920. The number of aromatic nitrogens is 2. The molecule has 0 aliphatic carbocycles. The molecule has 1 aromatic carbocycles. The van der Waals surface area contributed by atoms with Crippen molar-refractivity contribution in [1.29, 1.82) is 0 Å². The van der Waals surface area contributed by atoms with Crippen LogP contribution in [0.2, 0.25) is 0 Å².